The molecular weight excluding hydrogens is 190 g/mol. The van der Waals surface area contributed by atoms with Gasteiger partial charge in [0.05, 0.1) is 11.6 Å². The molecule has 1 aromatic rings. The zero-order chi connectivity index (χ0) is 9.38. The number of allylic oxidation sites excluding steroid dienone is 3. The van der Waals surface area contributed by atoms with Crippen molar-refractivity contribution in [1.29, 1.82) is 0 Å². The van der Waals surface area contributed by atoms with E-state index < -0.39 is 0 Å². The van der Waals surface area contributed by atoms with Crippen molar-refractivity contribution in [2.24, 2.45) is 4.99 Å². The van der Waals surface area contributed by atoms with E-state index in [1.54, 1.807) is 0 Å². The van der Waals surface area contributed by atoms with Gasteiger partial charge in [-0.1, -0.05) is 36.4 Å². The number of fused-ring (bicyclic) bond motifs is 3. The quantitative estimate of drug-likeness (QED) is 0.625. The zero-order valence-corrected chi connectivity index (χ0v) is 8.42. The molecule has 1 nitrogen and oxygen atoms in total. The van der Waals surface area contributed by atoms with Gasteiger partial charge in [-0.3, -0.25) is 4.99 Å². The molecule has 1 aromatic carbocycles. The summed E-state index contributed by atoms with van der Waals surface area (Å²) < 4.78 is 0. The molecule has 1 heterocycles. The third-order valence-electron chi connectivity index (χ3n) is 2.42. The van der Waals surface area contributed by atoms with Gasteiger partial charge in [-0.25, -0.2) is 0 Å². The van der Waals surface area contributed by atoms with Crippen molar-refractivity contribution in [1.82, 2.24) is 0 Å². The van der Waals surface area contributed by atoms with Gasteiger partial charge in [-0.05, 0) is 11.6 Å². The average molecular weight is 199 g/mol. The molecule has 1 aliphatic heterocycles. The highest BCUT2D eigenvalue weighted by atomic mass is 32.2. The second-order valence-corrected chi connectivity index (χ2v) is 4.24. The van der Waals surface area contributed by atoms with Crippen LogP contribution in [0.3, 0.4) is 0 Å². The van der Waals surface area contributed by atoms with E-state index in [-0.39, 0.29) is 0 Å². The van der Waals surface area contributed by atoms with Crippen LogP contribution in [-0.2, 0) is 0 Å². The predicted molar refractivity (Wildman–Crippen MR) is 62.6 cm³/mol. The Balaban J connectivity index is 2.26. The maximum absolute atomic E-state index is 4.53. The molecule has 0 spiro atoms. The molecule has 14 heavy (non-hydrogen) atoms. The minimum absolute atomic E-state index is 0.864. The average Bonchev–Trinajstić information content (AvgIpc) is 2.61. The Bertz CT molecular complexity index is 469. The van der Waals surface area contributed by atoms with Crippen LogP contribution in [-0.4, -0.2) is 11.6 Å². The van der Waals surface area contributed by atoms with Gasteiger partial charge in [0, 0.05) is 10.5 Å². The lowest BCUT2D eigenvalue weighted by Crippen LogP contribution is -1.99. The molecule has 0 fully saturated rings. The Morgan fingerprint density at radius 1 is 1.21 bits per heavy atom. The zero-order valence-electron chi connectivity index (χ0n) is 7.60. The summed E-state index contributed by atoms with van der Waals surface area (Å²) in [6.45, 7) is 0. The molecule has 1 aliphatic carbocycles. The first-order valence-electron chi connectivity index (χ1n) is 4.60. The van der Waals surface area contributed by atoms with Crippen LogP contribution in [0.4, 0.5) is 0 Å². The van der Waals surface area contributed by atoms with Crippen LogP contribution in [0.25, 0.3) is 6.08 Å². The Morgan fingerprint density at radius 3 is 3.14 bits per heavy atom. The lowest BCUT2D eigenvalue weighted by molar-refractivity contribution is 1.40. The third kappa shape index (κ3) is 1.15. The minimum atomic E-state index is 0.864. The van der Waals surface area contributed by atoms with Crippen molar-refractivity contribution < 1.29 is 0 Å². The molecule has 3 rings (SSSR count). The van der Waals surface area contributed by atoms with E-state index in [0.29, 0.717) is 0 Å². The summed E-state index contributed by atoms with van der Waals surface area (Å²) in [4.78, 5) is 5.83. The number of benzene rings is 1. The standard InChI is InChI=1S/C12H9NS/c1-2-6-10-9(4-1)5-3-7-11-12(10)13-8-14-11/h1-7H,8H2. The number of hydrogen-bond donors (Lipinski definition) is 0. The minimum Gasteiger partial charge on any atom is -0.272 e. The van der Waals surface area contributed by atoms with E-state index in [0.717, 1.165) is 11.6 Å². The van der Waals surface area contributed by atoms with Gasteiger partial charge in [0.25, 0.3) is 0 Å². The Hall–Kier alpha value is -1.28. The molecule has 0 unspecified atom stereocenters. The van der Waals surface area contributed by atoms with Crippen LogP contribution in [0, 0.1) is 0 Å². The van der Waals surface area contributed by atoms with Crippen LogP contribution in [0.2, 0.25) is 0 Å². The summed E-state index contributed by atoms with van der Waals surface area (Å²) in [5.41, 5.74) is 3.69. The molecule has 0 saturated heterocycles. The van der Waals surface area contributed by atoms with Crippen molar-refractivity contribution in [3.63, 3.8) is 0 Å². The topological polar surface area (TPSA) is 12.4 Å². The summed E-state index contributed by atoms with van der Waals surface area (Å²) in [6, 6.07) is 8.41. The first-order valence-corrected chi connectivity index (χ1v) is 5.59. The van der Waals surface area contributed by atoms with Gasteiger partial charge in [0.15, 0.2) is 0 Å². The van der Waals surface area contributed by atoms with Crippen molar-refractivity contribution >= 4 is 23.5 Å². The van der Waals surface area contributed by atoms with Crippen LogP contribution in [0.15, 0.2) is 46.3 Å². The van der Waals surface area contributed by atoms with Crippen molar-refractivity contribution in [2.75, 3.05) is 5.88 Å². The van der Waals surface area contributed by atoms with Gasteiger partial charge in [0.1, 0.15) is 0 Å². The number of aliphatic imine (C=N–C) groups is 1. The van der Waals surface area contributed by atoms with Crippen molar-refractivity contribution in [3.05, 3.63) is 52.4 Å². The summed E-state index contributed by atoms with van der Waals surface area (Å²) in [7, 11) is 0. The normalized spacial score (nSPS) is 18.0. The van der Waals surface area contributed by atoms with Crippen LogP contribution >= 0.6 is 11.8 Å². The van der Waals surface area contributed by atoms with Gasteiger partial charge < -0.3 is 0 Å². The van der Waals surface area contributed by atoms with E-state index in [1.807, 2.05) is 11.8 Å². The van der Waals surface area contributed by atoms with Crippen molar-refractivity contribution in [2.45, 2.75) is 0 Å². The molecule has 2 heteroatoms. The van der Waals surface area contributed by atoms with Crippen LogP contribution in [0.1, 0.15) is 11.1 Å². The van der Waals surface area contributed by atoms with Gasteiger partial charge >= 0.3 is 0 Å². The lowest BCUT2D eigenvalue weighted by Gasteiger charge is -2.04. The second kappa shape index (κ2) is 3.14. The highest BCUT2D eigenvalue weighted by Crippen LogP contribution is 2.31. The maximum Gasteiger partial charge on any atom is 0.0898 e. The van der Waals surface area contributed by atoms with E-state index in [9.17, 15) is 0 Å². The number of nitrogens with zero attached hydrogens (tertiary/aromatic N) is 1. The molecule has 0 saturated carbocycles. The lowest BCUT2D eigenvalue weighted by atomic mass is 10.0. The number of rotatable bonds is 0. The molecule has 0 aromatic heterocycles. The Kier molecular flexibility index (Phi) is 1.81. The van der Waals surface area contributed by atoms with Crippen LogP contribution in [0.5, 0.6) is 0 Å². The SMILES string of the molecule is C1=Cc2ccccc2C2=NCSC2=C1. The summed E-state index contributed by atoms with van der Waals surface area (Å²) in [6.07, 6.45) is 6.40. The first kappa shape index (κ1) is 8.06. The molecule has 0 amide bonds. The summed E-state index contributed by atoms with van der Waals surface area (Å²) in [5, 5.41) is 0. The fraction of sp³-hybridized carbons (Fsp3) is 0.0833. The Morgan fingerprint density at radius 2 is 2.14 bits per heavy atom. The van der Waals surface area contributed by atoms with Gasteiger partial charge in [-0.2, -0.15) is 0 Å². The fourth-order valence-corrected chi connectivity index (χ4v) is 2.57. The number of thioether (sulfide) groups is 1. The largest absolute Gasteiger partial charge is 0.272 e. The maximum atomic E-state index is 4.53. The summed E-state index contributed by atoms with van der Waals surface area (Å²) in [5.74, 6) is 0.864. The Labute approximate surface area is 87.2 Å². The monoisotopic (exact) mass is 199 g/mol. The fourth-order valence-electron chi connectivity index (χ4n) is 1.75. The third-order valence-corrected chi connectivity index (χ3v) is 3.31. The molecule has 0 N–H and O–H groups in total. The summed E-state index contributed by atoms with van der Waals surface area (Å²) >= 11 is 1.81. The molecule has 2 aliphatic rings. The van der Waals surface area contributed by atoms with Crippen LogP contribution < -0.4 is 0 Å². The molecule has 0 atom stereocenters. The molecular formula is C12H9NS. The second-order valence-electron chi connectivity index (χ2n) is 3.26. The first-order chi connectivity index (χ1) is 6.95. The molecule has 0 radical (unpaired) electrons. The predicted octanol–water partition coefficient (Wildman–Crippen LogP) is 3.09. The van der Waals surface area contributed by atoms with E-state index in [2.05, 4.69) is 47.5 Å². The van der Waals surface area contributed by atoms with E-state index >= 15 is 0 Å². The van der Waals surface area contributed by atoms with E-state index in [4.69, 9.17) is 0 Å². The molecule has 0 bridgehead atoms. The van der Waals surface area contributed by atoms with Gasteiger partial charge in [0.2, 0.25) is 0 Å². The van der Waals surface area contributed by atoms with Gasteiger partial charge in [-0.15, -0.1) is 11.8 Å². The smallest absolute Gasteiger partial charge is 0.0898 e. The van der Waals surface area contributed by atoms with E-state index in [1.165, 1.54) is 16.0 Å². The molecule has 68 valence electrons. The van der Waals surface area contributed by atoms with Crippen molar-refractivity contribution in [3.8, 4) is 0 Å². The highest BCUT2D eigenvalue weighted by molar-refractivity contribution is 8.04. The highest BCUT2D eigenvalue weighted by Gasteiger charge is 2.18. The number of hydrogen-bond acceptors (Lipinski definition) is 2.